The zero-order valence-electron chi connectivity index (χ0n) is 23.0. The molecule has 40 heavy (non-hydrogen) atoms. The Morgan fingerprint density at radius 3 is 1.30 bits per heavy atom. The van der Waals surface area contributed by atoms with Gasteiger partial charge in [0.25, 0.3) is 0 Å². The molecule has 0 saturated carbocycles. The molecule has 4 aromatic carbocycles. The molecule has 2 aliphatic rings. The third-order valence-corrected chi connectivity index (χ3v) is 28.7. The van der Waals surface area contributed by atoms with Crippen molar-refractivity contribution in [3.8, 4) is 22.3 Å². The van der Waals surface area contributed by atoms with Gasteiger partial charge in [-0.1, -0.05) is 0 Å². The topological polar surface area (TPSA) is 0 Å². The molecule has 2 atom stereocenters. The van der Waals surface area contributed by atoms with Crippen molar-refractivity contribution < 1.29 is 20.4 Å². The Morgan fingerprint density at radius 2 is 0.925 bits per heavy atom. The fourth-order valence-corrected chi connectivity index (χ4v) is 27.7. The van der Waals surface area contributed by atoms with Crippen molar-refractivity contribution in [1.29, 1.82) is 0 Å². The molecule has 0 bridgehead atoms. The summed E-state index contributed by atoms with van der Waals surface area (Å²) >= 11 is 11.2. The number of allylic oxidation sites excluding steroid dienone is 2. The first-order valence-corrected chi connectivity index (χ1v) is 22.9. The molecule has 0 nitrogen and oxygen atoms in total. The van der Waals surface area contributed by atoms with Crippen molar-refractivity contribution in [2.75, 3.05) is 0 Å². The monoisotopic (exact) mass is 698 g/mol. The van der Waals surface area contributed by atoms with Gasteiger partial charge in [-0.05, 0) is 0 Å². The zero-order valence-corrected chi connectivity index (χ0v) is 29.6. The van der Waals surface area contributed by atoms with E-state index in [1.165, 1.54) is 33.4 Å². The fraction of sp³-hybridized carbons (Fsp3) is 0.176. The van der Waals surface area contributed by atoms with E-state index in [2.05, 4.69) is 99.8 Å². The summed E-state index contributed by atoms with van der Waals surface area (Å²) in [6, 6.07) is 30.3. The second-order valence-corrected chi connectivity index (χ2v) is 29.4. The number of fused-ring (bicyclic) bond motifs is 2. The molecule has 6 rings (SSSR count). The van der Waals surface area contributed by atoms with Gasteiger partial charge in [-0.3, -0.25) is 0 Å². The molecule has 0 radical (unpaired) electrons. The van der Waals surface area contributed by atoms with Crippen LogP contribution in [0.5, 0.6) is 0 Å². The van der Waals surface area contributed by atoms with Crippen LogP contribution in [0.3, 0.4) is 0 Å². The Bertz CT molecular complexity index is 1580. The van der Waals surface area contributed by atoms with Crippen molar-refractivity contribution in [2.24, 2.45) is 0 Å². The molecular weight excluding hydrogens is 669 g/mol. The van der Waals surface area contributed by atoms with Crippen LogP contribution in [0.25, 0.3) is 34.4 Å². The minimum atomic E-state index is -2.14. The maximum atomic E-state index is 6.68. The zero-order chi connectivity index (χ0) is 26.6. The van der Waals surface area contributed by atoms with Gasteiger partial charge in [0, 0.05) is 0 Å². The van der Waals surface area contributed by atoms with Crippen LogP contribution >= 0.6 is 48.0 Å². The first-order valence-electron chi connectivity index (χ1n) is 13.2. The molecular formula is C34H32Cl4SiZr. The molecule has 0 N–H and O–H groups in total. The van der Waals surface area contributed by atoms with Crippen molar-refractivity contribution >= 4 is 65.6 Å². The molecule has 0 amide bonds. The Hall–Kier alpha value is -1.38. The van der Waals surface area contributed by atoms with E-state index in [1.807, 2.05) is 24.3 Å². The van der Waals surface area contributed by atoms with Gasteiger partial charge in [0.05, 0.1) is 0 Å². The third-order valence-electron chi connectivity index (χ3n) is 8.08. The van der Waals surface area contributed by atoms with Gasteiger partial charge >= 0.3 is 246 Å². The summed E-state index contributed by atoms with van der Waals surface area (Å²) in [4.78, 5) is 0. The van der Waals surface area contributed by atoms with Gasteiger partial charge in [-0.25, -0.2) is 0 Å². The van der Waals surface area contributed by atoms with Crippen LogP contribution in [-0.4, -0.2) is 5.43 Å². The van der Waals surface area contributed by atoms with Crippen LogP contribution in [0.1, 0.15) is 43.4 Å². The van der Waals surface area contributed by atoms with Crippen molar-refractivity contribution in [3.05, 3.63) is 128 Å². The second kappa shape index (κ2) is 12.9. The van der Waals surface area contributed by atoms with E-state index in [4.69, 9.17) is 23.2 Å². The number of benzene rings is 4. The largest absolute Gasteiger partial charge is 0.147 e. The molecule has 2 aliphatic carbocycles. The predicted molar refractivity (Wildman–Crippen MR) is 179 cm³/mol. The van der Waals surface area contributed by atoms with Gasteiger partial charge in [-0.2, -0.15) is 0 Å². The SMILES string of the molecule is CC1=Cc2c(-c3ccccc3Cl)cccc2[CH]1[Zr]([CH]1C(C)=Cc2c(-c3ccccc3Cl)cccc21)=[Si](C)C.Cl.Cl. The number of halogens is 4. The van der Waals surface area contributed by atoms with Gasteiger partial charge in [-0.15, -0.1) is 24.8 Å². The smallest absolute Gasteiger partial charge is 0.147 e. The van der Waals surface area contributed by atoms with Crippen LogP contribution in [0.4, 0.5) is 0 Å². The second-order valence-electron chi connectivity index (χ2n) is 10.7. The summed E-state index contributed by atoms with van der Waals surface area (Å²) in [5.41, 5.74) is 13.2. The average Bonchev–Trinajstić information content (AvgIpc) is 3.41. The summed E-state index contributed by atoms with van der Waals surface area (Å²) < 4.78 is 1.17. The summed E-state index contributed by atoms with van der Waals surface area (Å²) in [7, 11) is 0. The normalized spacial score (nSPS) is 16.6. The Kier molecular flexibility index (Phi) is 10.1. The summed E-state index contributed by atoms with van der Waals surface area (Å²) in [5, 5.41) is 1.64. The van der Waals surface area contributed by atoms with Crippen LogP contribution in [0.2, 0.25) is 23.1 Å². The summed E-state index contributed by atoms with van der Waals surface area (Å²) in [5.74, 6) is 0. The van der Waals surface area contributed by atoms with Gasteiger partial charge in [0.15, 0.2) is 0 Å². The van der Waals surface area contributed by atoms with E-state index in [9.17, 15) is 0 Å². The molecule has 0 spiro atoms. The average molecular weight is 702 g/mol. The van der Waals surface area contributed by atoms with Crippen molar-refractivity contribution in [2.45, 2.75) is 34.2 Å². The first-order chi connectivity index (χ1) is 18.4. The molecule has 2 unspecified atom stereocenters. The number of hydrogen-bond acceptors (Lipinski definition) is 0. The molecule has 0 fully saturated rings. The molecule has 0 heterocycles. The van der Waals surface area contributed by atoms with Crippen LogP contribution in [0.15, 0.2) is 96.1 Å². The van der Waals surface area contributed by atoms with E-state index >= 15 is 0 Å². The van der Waals surface area contributed by atoms with E-state index < -0.39 is 25.8 Å². The molecule has 0 saturated heterocycles. The van der Waals surface area contributed by atoms with Crippen molar-refractivity contribution in [3.63, 3.8) is 0 Å². The Morgan fingerprint density at radius 1 is 0.550 bits per heavy atom. The minimum absolute atomic E-state index is 0. The van der Waals surface area contributed by atoms with E-state index in [0.717, 1.165) is 21.2 Å². The van der Waals surface area contributed by atoms with E-state index in [-0.39, 0.29) is 24.8 Å². The fourth-order valence-electron chi connectivity index (χ4n) is 6.50. The third kappa shape index (κ3) is 5.42. The molecule has 204 valence electrons. The van der Waals surface area contributed by atoms with Gasteiger partial charge in [0.2, 0.25) is 0 Å². The predicted octanol–water partition coefficient (Wildman–Crippen LogP) is 11.7. The van der Waals surface area contributed by atoms with Crippen molar-refractivity contribution in [1.82, 2.24) is 0 Å². The maximum absolute atomic E-state index is 6.68. The van der Waals surface area contributed by atoms with Crippen LogP contribution in [0, 0.1) is 0 Å². The van der Waals surface area contributed by atoms with E-state index in [0.29, 0.717) is 7.25 Å². The van der Waals surface area contributed by atoms with Crippen LogP contribution < -0.4 is 0 Å². The quantitative estimate of drug-likeness (QED) is 0.186. The maximum Gasteiger partial charge on any atom is -0.147 e. The van der Waals surface area contributed by atoms with Gasteiger partial charge < -0.3 is 0 Å². The minimum Gasteiger partial charge on any atom is -0.147 e. The number of rotatable bonds is 4. The van der Waals surface area contributed by atoms with Crippen LogP contribution in [-0.2, 0) is 20.4 Å². The molecule has 0 aromatic heterocycles. The Balaban J connectivity index is 0.00000185. The molecule has 6 heteroatoms. The summed E-state index contributed by atoms with van der Waals surface area (Å²) in [6.07, 6.45) is 4.94. The van der Waals surface area contributed by atoms with E-state index in [1.54, 1.807) is 11.1 Å². The Labute approximate surface area is 268 Å². The standard InChI is InChI=1S/2C16H12Cl.C2H6Si.2ClH.Zr/c2*1-11-9-12-5-4-7-13(15(12)10-11)14-6-2-3-8-16(14)17;1-3-2;;;/h2*2-10H,1H3;1-2H3;2*1H;. The first kappa shape index (κ1) is 31.6. The van der Waals surface area contributed by atoms with Gasteiger partial charge in [0.1, 0.15) is 0 Å². The molecule has 4 aromatic rings. The summed E-state index contributed by atoms with van der Waals surface area (Å²) in [6.45, 7) is 9.90. The number of hydrogen-bond donors (Lipinski definition) is 0. The molecule has 0 aliphatic heterocycles.